The molecule has 0 aliphatic heterocycles. The maximum absolute atomic E-state index is 13.7. The summed E-state index contributed by atoms with van der Waals surface area (Å²) < 4.78 is 13.7. The third kappa shape index (κ3) is 4.04. The van der Waals surface area contributed by atoms with Crippen LogP contribution in [-0.4, -0.2) is 7.05 Å². The minimum Gasteiger partial charge on any atom is -0.313 e. The second kappa shape index (κ2) is 7.04. The van der Waals surface area contributed by atoms with Gasteiger partial charge in [-0.15, -0.1) is 0 Å². The fourth-order valence-corrected chi connectivity index (χ4v) is 3.18. The van der Waals surface area contributed by atoms with Gasteiger partial charge in [0.2, 0.25) is 0 Å². The lowest BCUT2D eigenvalue weighted by Gasteiger charge is -2.23. The summed E-state index contributed by atoms with van der Waals surface area (Å²) in [6, 6.07) is 5.95. The van der Waals surface area contributed by atoms with Gasteiger partial charge in [-0.3, -0.25) is 0 Å². The van der Waals surface area contributed by atoms with Crippen molar-refractivity contribution in [1.29, 1.82) is 0 Å². The topological polar surface area (TPSA) is 12.0 Å². The van der Waals surface area contributed by atoms with Crippen LogP contribution in [0.3, 0.4) is 0 Å². The van der Waals surface area contributed by atoms with E-state index >= 15 is 0 Å². The van der Waals surface area contributed by atoms with Gasteiger partial charge in [-0.2, -0.15) is 0 Å². The zero-order valence-corrected chi connectivity index (χ0v) is 12.2. The maximum atomic E-state index is 13.7. The Morgan fingerprint density at radius 1 is 1.21 bits per heavy atom. The number of hydrogen-bond acceptors (Lipinski definition) is 1. The average molecular weight is 263 g/mol. The Balaban J connectivity index is 2.03. The van der Waals surface area contributed by atoms with Crippen molar-refractivity contribution in [2.75, 3.05) is 7.05 Å². The molecule has 1 fully saturated rings. The van der Waals surface area contributed by atoms with Crippen molar-refractivity contribution in [2.24, 2.45) is 5.92 Å². The molecule has 1 unspecified atom stereocenters. The molecule has 2 rings (SSSR count). The van der Waals surface area contributed by atoms with Crippen molar-refractivity contribution in [1.82, 2.24) is 5.32 Å². The summed E-state index contributed by atoms with van der Waals surface area (Å²) in [6.07, 6.45) is 9.32. The molecule has 1 aliphatic carbocycles. The second-order valence-corrected chi connectivity index (χ2v) is 5.94. The molecule has 0 amide bonds. The normalized spacial score (nSPS) is 19.1. The zero-order chi connectivity index (χ0) is 13.7. The van der Waals surface area contributed by atoms with Crippen molar-refractivity contribution in [3.05, 3.63) is 35.1 Å². The smallest absolute Gasteiger partial charge is 0.126 e. The third-order valence-electron chi connectivity index (χ3n) is 4.49. The van der Waals surface area contributed by atoms with Gasteiger partial charge in [0, 0.05) is 6.04 Å². The molecule has 1 N–H and O–H groups in total. The summed E-state index contributed by atoms with van der Waals surface area (Å²) in [5.74, 6) is 0.711. The van der Waals surface area contributed by atoms with E-state index < -0.39 is 0 Å². The summed E-state index contributed by atoms with van der Waals surface area (Å²) in [7, 11) is 1.99. The highest BCUT2D eigenvalue weighted by atomic mass is 19.1. The van der Waals surface area contributed by atoms with Gasteiger partial charge in [-0.1, -0.05) is 50.7 Å². The van der Waals surface area contributed by atoms with E-state index in [1.807, 2.05) is 20.0 Å². The van der Waals surface area contributed by atoms with Crippen molar-refractivity contribution < 1.29 is 4.39 Å². The summed E-state index contributed by atoms with van der Waals surface area (Å²) in [5.41, 5.74) is 1.82. The van der Waals surface area contributed by atoms with Crippen LogP contribution in [-0.2, 0) is 0 Å². The predicted octanol–water partition coefficient (Wildman–Crippen LogP) is 4.76. The molecule has 1 aromatic carbocycles. The van der Waals surface area contributed by atoms with Crippen molar-refractivity contribution in [3.63, 3.8) is 0 Å². The standard InChI is InChI=1S/C17H26FN/c1-13-9-10-15(12-16(13)18)17(19-2)11-14-7-5-3-4-6-8-14/h9-10,12,14,17,19H,3-8,11H2,1-2H3. The Labute approximate surface area is 116 Å². The van der Waals surface area contributed by atoms with Crippen molar-refractivity contribution in [2.45, 2.75) is 57.9 Å². The average Bonchev–Trinajstić information content (AvgIpc) is 2.68. The Kier molecular flexibility index (Phi) is 5.38. The summed E-state index contributed by atoms with van der Waals surface area (Å²) >= 11 is 0. The second-order valence-electron chi connectivity index (χ2n) is 5.94. The first-order chi connectivity index (χ1) is 9.20. The highest BCUT2D eigenvalue weighted by Gasteiger charge is 2.19. The lowest BCUT2D eigenvalue weighted by Crippen LogP contribution is -2.20. The number of rotatable bonds is 4. The predicted molar refractivity (Wildman–Crippen MR) is 78.7 cm³/mol. The number of nitrogens with one attached hydrogen (secondary N) is 1. The molecule has 0 saturated heterocycles. The number of aryl methyl sites for hydroxylation is 1. The maximum Gasteiger partial charge on any atom is 0.126 e. The van der Waals surface area contributed by atoms with Crippen molar-refractivity contribution in [3.8, 4) is 0 Å². The van der Waals surface area contributed by atoms with Gasteiger partial charge in [0.05, 0.1) is 0 Å². The molecule has 0 heterocycles. The molecular formula is C17H26FN. The summed E-state index contributed by atoms with van der Waals surface area (Å²) in [4.78, 5) is 0. The molecule has 1 aromatic rings. The quantitative estimate of drug-likeness (QED) is 0.773. The monoisotopic (exact) mass is 263 g/mol. The minimum absolute atomic E-state index is 0.0846. The molecule has 1 atom stereocenters. The van der Waals surface area contributed by atoms with Crippen molar-refractivity contribution >= 4 is 0 Å². The van der Waals surface area contributed by atoms with E-state index in [4.69, 9.17) is 0 Å². The van der Waals surface area contributed by atoms with Crippen LogP contribution in [0, 0.1) is 18.7 Å². The fourth-order valence-electron chi connectivity index (χ4n) is 3.18. The first kappa shape index (κ1) is 14.5. The van der Waals surface area contributed by atoms with E-state index in [0.717, 1.165) is 23.5 Å². The van der Waals surface area contributed by atoms with Crippen LogP contribution in [0.25, 0.3) is 0 Å². The van der Waals surface area contributed by atoms with E-state index in [2.05, 4.69) is 11.4 Å². The van der Waals surface area contributed by atoms with Gasteiger partial charge < -0.3 is 5.32 Å². The van der Waals surface area contributed by atoms with E-state index in [0.29, 0.717) is 0 Å². The molecule has 0 radical (unpaired) electrons. The largest absolute Gasteiger partial charge is 0.313 e. The molecule has 1 nitrogen and oxygen atoms in total. The SMILES string of the molecule is CNC(CC1CCCCCC1)c1ccc(C)c(F)c1. The van der Waals surface area contributed by atoms with Gasteiger partial charge in [0.1, 0.15) is 5.82 Å². The van der Waals surface area contributed by atoms with Crippen LogP contribution in [0.5, 0.6) is 0 Å². The first-order valence-corrected chi connectivity index (χ1v) is 7.64. The number of benzene rings is 1. The zero-order valence-electron chi connectivity index (χ0n) is 12.2. The highest BCUT2D eigenvalue weighted by molar-refractivity contribution is 5.25. The summed E-state index contributed by atoms with van der Waals surface area (Å²) in [6.45, 7) is 1.82. The van der Waals surface area contributed by atoms with Crippen LogP contribution in [0.2, 0.25) is 0 Å². The number of hydrogen-bond donors (Lipinski definition) is 1. The van der Waals surface area contributed by atoms with Crippen LogP contribution in [0.4, 0.5) is 4.39 Å². The first-order valence-electron chi connectivity index (χ1n) is 7.64. The molecule has 0 spiro atoms. The van der Waals surface area contributed by atoms with Crippen LogP contribution >= 0.6 is 0 Å². The van der Waals surface area contributed by atoms with Gasteiger partial charge in [-0.05, 0) is 43.5 Å². The lowest BCUT2D eigenvalue weighted by atomic mass is 9.89. The molecule has 106 valence electrons. The van der Waals surface area contributed by atoms with Gasteiger partial charge in [0.25, 0.3) is 0 Å². The van der Waals surface area contributed by atoms with Gasteiger partial charge in [0.15, 0.2) is 0 Å². The Morgan fingerprint density at radius 2 is 1.89 bits per heavy atom. The van der Waals surface area contributed by atoms with E-state index in [-0.39, 0.29) is 11.9 Å². The van der Waals surface area contributed by atoms with Crippen LogP contribution in [0.1, 0.15) is 62.1 Å². The third-order valence-corrected chi connectivity index (χ3v) is 4.49. The molecule has 1 saturated carbocycles. The molecule has 0 bridgehead atoms. The Bertz CT molecular complexity index is 394. The van der Waals surface area contributed by atoms with Crippen LogP contribution in [0.15, 0.2) is 18.2 Å². The Morgan fingerprint density at radius 3 is 2.47 bits per heavy atom. The highest BCUT2D eigenvalue weighted by Crippen LogP contribution is 2.31. The molecule has 0 aromatic heterocycles. The molecular weight excluding hydrogens is 237 g/mol. The lowest BCUT2D eigenvalue weighted by molar-refractivity contribution is 0.367. The summed E-state index contributed by atoms with van der Waals surface area (Å²) in [5, 5.41) is 3.37. The van der Waals surface area contributed by atoms with Gasteiger partial charge >= 0.3 is 0 Å². The molecule has 2 heteroatoms. The fraction of sp³-hybridized carbons (Fsp3) is 0.647. The molecule has 1 aliphatic rings. The minimum atomic E-state index is -0.0846. The van der Waals surface area contributed by atoms with E-state index in [1.165, 1.54) is 38.5 Å². The number of halogens is 1. The van der Waals surface area contributed by atoms with E-state index in [1.54, 1.807) is 6.07 Å². The van der Waals surface area contributed by atoms with Gasteiger partial charge in [-0.25, -0.2) is 4.39 Å². The van der Waals surface area contributed by atoms with Crippen LogP contribution < -0.4 is 5.32 Å². The van der Waals surface area contributed by atoms with E-state index in [9.17, 15) is 4.39 Å². The molecule has 19 heavy (non-hydrogen) atoms. The Hall–Kier alpha value is -0.890.